The zero-order valence-corrected chi connectivity index (χ0v) is 9.97. The van der Waals surface area contributed by atoms with Crippen LogP contribution < -0.4 is 10.1 Å². The van der Waals surface area contributed by atoms with Gasteiger partial charge in [-0.2, -0.15) is 0 Å². The number of hydrogen-bond donors (Lipinski definition) is 1. The smallest absolute Gasteiger partial charge is 0.366 e. The third-order valence-corrected chi connectivity index (χ3v) is 2.08. The first kappa shape index (κ1) is 12.4. The average Bonchev–Trinajstić information content (AvgIpc) is 2.30. The van der Waals surface area contributed by atoms with E-state index in [1.54, 1.807) is 38.3 Å². The van der Waals surface area contributed by atoms with E-state index in [2.05, 4.69) is 5.32 Å². The van der Waals surface area contributed by atoms with E-state index in [1.807, 2.05) is 0 Å². The first-order valence-electron chi connectivity index (χ1n) is 4.79. The summed E-state index contributed by atoms with van der Waals surface area (Å²) < 4.78 is 9.76. The zero-order valence-electron chi connectivity index (χ0n) is 9.15. The molecule has 0 spiro atoms. The number of methoxy groups -OCH3 is 1. The second-order valence-electron chi connectivity index (χ2n) is 2.90. The highest BCUT2D eigenvalue weighted by Crippen LogP contribution is 2.15. The highest BCUT2D eigenvalue weighted by molar-refractivity contribution is 7.82. The Morgan fingerprint density at radius 2 is 2.00 bits per heavy atom. The van der Waals surface area contributed by atoms with Crippen LogP contribution >= 0.6 is 12.2 Å². The summed E-state index contributed by atoms with van der Waals surface area (Å²) in [7, 11) is 1.59. The van der Waals surface area contributed by atoms with Crippen LogP contribution in [0, 0.1) is 0 Å². The van der Waals surface area contributed by atoms with Crippen LogP contribution in [-0.2, 0) is 9.53 Å². The number of benzene rings is 1. The van der Waals surface area contributed by atoms with Gasteiger partial charge < -0.3 is 14.8 Å². The second kappa shape index (κ2) is 6.07. The predicted molar refractivity (Wildman–Crippen MR) is 65.8 cm³/mol. The van der Waals surface area contributed by atoms with Crippen LogP contribution in [0.4, 0.5) is 5.69 Å². The topological polar surface area (TPSA) is 47.6 Å². The van der Waals surface area contributed by atoms with Crippen molar-refractivity contribution < 1.29 is 14.3 Å². The number of nitrogens with one attached hydrogen (secondary N) is 1. The number of esters is 1. The molecule has 0 aliphatic carbocycles. The standard InChI is InChI=1S/C11H13NO3S/c1-3-15-11(13)10(16)12-8-4-6-9(14-2)7-5-8/h4-7H,3H2,1-2H3,(H,12,16). The lowest BCUT2D eigenvalue weighted by atomic mass is 10.3. The van der Waals surface area contributed by atoms with E-state index in [1.165, 1.54) is 0 Å². The van der Waals surface area contributed by atoms with E-state index in [0.29, 0.717) is 6.61 Å². The third kappa shape index (κ3) is 3.51. The van der Waals surface area contributed by atoms with Crippen molar-refractivity contribution in [2.75, 3.05) is 19.0 Å². The average molecular weight is 239 g/mol. The molecule has 1 N–H and O–H groups in total. The fourth-order valence-electron chi connectivity index (χ4n) is 1.05. The Morgan fingerprint density at radius 3 is 2.50 bits per heavy atom. The maximum atomic E-state index is 11.2. The van der Waals surface area contributed by atoms with E-state index in [-0.39, 0.29) is 4.99 Å². The van der Waals surface area contributed by atoms with Gasteiger partial charge in [0.2, 0.25) is 0 Å². The minimum atomic E-state index is -0.520. The molecule has 0 amide bonds. The van der Waals surface area contributed by atoms with Crippen LogP contribution in [0.1, 0.15) is 6.92 Å². The fourth-order valence-corrected chi connectivity index (χ4v) is 1.23. The Morgan fingerprint density at radius 1 is 1.38 bits per heavy atom. The van der Waals surface area contributed by atoms with Crippen LogP contribution in [0.15, 0.2) is 24.3 Å². The van der Waals surface area contributed by atoms with E-state index in [9.17, 15) is 4.79 Å². The normalized spacial score (nSPS) is 9.38. The van der Waals surface area contributed by atoms with Crippen LogP contribution in [0.5, 0.6) is 5.75 Å². The van der Waals surface area contributed by atoms with Crippen molar-refractivity contribution in [2.45, 2.75) is 6.92 Å². The molecule has 4 nitrogen and oxygen atoms in total. The van der Waals surface area contributed by atoms with Crippen LogP contribution in [0.25, 0.3) is 0 Å². The number of thiocarbonyl (C=S) groups is 1. The molecule has 16 heavy (non-hydrogen) atoms. The largest absolute Gasteiger partial charge is 0.497 e. The Hall–Kier alpha value is -1.62. The predicted octanol–water partition coefficient (Wildman–Crippen LogP) is 2.00. The maximum absolute atomic E-state index is 11.2. The summed E-state index contributed by atoms with van der Waals surface area (Å²) in [6.07, 6.45) is 0. The molecule has 0 saturated heterocycles. The Labute approximate surface area is 99.6 Å². The lowest BCUT2D eigenvalue weighted by Gasteiger charge is -2.07. The molecule has 0 aliphatic rings. The van der Waals surface area contributed by atoms with Crippen molar-refractivity contribution in [3.05, 3.63) is 24.3 Å². The Bertz CT molecular complexity index is 375. The van der Waals surface area contributed by atoms with Gasteiger partial charge in [0.25, 0.3) is 0 Å². The Balaban J connectivity index is 2.59. The van der Waals surface area contributed by atoms with E-state index in [4.69, 9.17) is 21.7 Å². The van der Waals surface area contributed by atoms with Gasteiger partial charge >= 0.3 is 5.97 Å². The quantitative estimate of drug-likeness (QED) is 0.645. The first-order chi connectivity index (χ1) is 7.67. The van der Waals surface area contributed by atoms with Crippen molar-refractivity contribution >= 4 is 28.9 Å². The number of anilines is 1. The summed E-state index contributed by atoms with van der Waals surface area (Å²) in [5.74, 6) is 0.223. The minimum Gasteiger partial charge on any atom is -0.497 e. The second-order valence-corrected chi connectivity index (χ2v) is 3.31. The molecule has 5 heteroatoms. The Kier molecular flexibility index (Phi) is 4.72. The number of carbonyl (C=O) groups is 1. The van der Waals surface area contributed by atoms with Crippen molar-refractivity contribution in [3.63, 3.8) is 0 Å². The molecule has 0 saturated carbocycles. The third-order valence-electron chi connectivity index (χ3n) is 1.81. The molecule has 1 rings (SSSR count). The highest BCUT2D eigenvalue weighted by Gasteiger charge is 2.09. The van der Waals surface area contributed by atoms with Gasteiger partial charge in [-0.05, 0) is 31.2 Å². The van der Waals surface area contributed by atoms with Crippen molar-refractivity contribution in [3.8, 4) is 5.75 Å². The summed E-state index contributed by atoms with van der Waals surface area (Å²) in [5, 5.41) is 2.78. The fraction of sp³-hybridized carbons (Fsp3) is 0.273. The van der Waals surface area contributed by atoms with E-state index < -0.39 is 5.97 Å². The number of rotatable bonds is 3. The van der Waals surface area contributed by atoms with Gasteiger partial charge in [0.1, 0.15) is 5.75 Å². The van der Waals surface area contributed by atoms with Gasteiger partial charge in [-0.1, -0.05) is 12.2 Å². The van der Waals surface area contributed by atoms with Gasteiger partial charge in [0.15, 0.2) is 4.99 Å². The SMILES string of the molecule is CCOC(=O)C(=S)Nc1ccc(OC)cc1. The molecule has 1 aromatic carbocycles. The van der Waals surface area contributed by atoms with Gasteiger partial charge in [-0.3, -0.25) is 0 Å². The lowest BCUT2D eigenvalue weighted by molar-refractivity contribution is -0.134. The number of carbonyl (C=O) groups excluding carboxylic acids is 1. The molecule has 0 heterocycles. The van der Waals surface area contributed by atoms with Gasteiger partial charge in [0.05, 0.1) is 13.7 Å². The molecule has 0 aliphatic heterocycles. The van der Waals surface area contributed by atoms with Crippen LogP contribution in [-0.4, -0.2) is 24.7 Å². The summed E-state index contributed by atoms with van der Waals surface area (Å²) in [4.78, 5) is 11.3. The van der Waals surface area contributed by atoms with Gasteiger partial charge in [-0.15, -0.1) is 0 Å². The summed E-state index contributed by atoms with van der Waals surface area (Å²) in [5.41, 5.74) is 0.721. The van der Waals surface area contributed by atoms with Gasteiger partial charge in [0, 0.05) is 5.69 Å². The maximum Gasteiger partial charge on any atom is 0.366 e. The molecule has 0 fully saturated rings. The first-order valence-corrected chi connectivity index (χ1v) is 5.20. The molecule has 86 valence electrons. The molecule has 0 aromatic heterocycles. The highest BCUT2D eigenvalue weighted by atomic mass is 32.1. The zero-order chi connectivity index (χ0) is 12.0. The molecular weight excluding hydrogens is 226 g/mol. The molecule has 0 unspecified atom stereocenters. The summed E-state index contributed by atoms with van der Waals surface area (Å²) >= 11 is 4.87. The van der Waals surface area contributed by atoms with Crippen LogP contribution in [0.2, 0.25) is 0 Å². The van der Waals surface area contributed by atoms with E-state index in [0.717, 1.165) is 11.4 Å². The minimum absolute atomic E-state index is 0.0482. The van der Waals surface area contributed by atoms with Crippen molar-refractivity contribution in [2.24, 2.45) is 0 Å². The lowest BCUT2D eigenvalue weighted by Crippen LogP contribution is -2.22. The van der Waals surface area contributed by atoms with Gasteiger partial charge in [-0.25, -0.2) is 4.79 Å². The van der Waals surface area contributed by atoms with Crippen LogP contribution in [0.3, 0.4) is 0 Å². The molecule has 1 aromatic rings. The van der Waals surface area contributed by atoms with Crippen molar-refractivity contribution in [1.82, 2.24) is 0 Å². The number of hydrogen-bond acceptors (Lipinski definition) is 4. The molecule has 0 bridgehead atoms. The molecule has 0 radical (unpaired) electrons. The number of ether oxygens (including phenoxy) is 2. The summed E-state index contributed by atoms with van der Waals surface area (Å²) in [6.45, 7) is 2.04. The summed E-state index contributed by atoms with van der Waals surface area (Å²) in [6, 6.07) is 7.08. The monoisotopic (exact) mass is 239 g/mol. The van der Waals surface area contributed by atoms with E-state index >= 15 is 0 Å². The molecular formula is C11H13NO3S. The molecule has 0 atom stereocenters. The van der Waals surface area contributed by atoms with Crippen molar-refractivity contribution in [1.29, 1.82) is 0 Å².